The lowest BCUT2D eigenvalue weighted by Crippen LogP contribution is -2.15. The number of aromatic hydroxyl groups is 1. The van der Waals surface area contributed by atoms with E-state index < -0.39 is 11.6 Å². The number of rotatable bonds is 5. The Morgan fingerprint density at radius 2 is 2.00 bits per heavy atom. The van der Waals surface area contributed by atoms with Gasteiger partial charge in [-0.3, -0.25) is 4.79 Å². The predicted molar refractivity (Wildman–Crippen MR) is 81.2 cm³/mol. The van der Waals surface area contributed by atoms with Crippen molar-refractivity contribution in [3.63, 3.8) is 0 Å². The summed E-state index contributed by atoms with van der Waals surface area (Å²) in [6, 6.07) is 10.9. The molecular weight excluding hydrogens is 271 g/mol. The van der Waals surface area contributed by atoms with Crippen molar-refractivity contribution < 1.29 is 14.3 Å². The average Bonchev–Trinajstić information content (AvgIpc) is 2.49. The minimum absolute atomic E-state index is 0.292. The van der Waals surface area contributed by atoms with E-state index >= 15 is 0 Å². The fourth-order valence-corrected chi connectivity index (χ4v) is 1.88. The summed E-state index contributed by atoms with van der Waals surface area (Å²) in [7, 11) is 0. The van der Waals surface area contributed by atoms with E-state index in [1.807, 2.05) is 19.1 Å². The highest BCUT2D eigenvalue weighted by atomic mass is 19.1. The van der Waals surface area contributed by atoms with Gasteiger partial charge in [0.1, 0.15) is 0 Å². The Hall–Kier alpha value is -2.56. The molecule has 0 aliphatic heterocycles. The van der Waals surface area contributed by atoms with E-state index in [9.17, 15) is 9.18 Å². The highest BCUT2D eigenvalue weighted by Crippen LogP contribution is 2.21. The molecule has 0 aromatic heterocycles. The van der Waals surface area contributed by atoms with Gasteiger partial charge in [-0.25, -0.2) is 4.39 Å². The minimum atomic E-state index is -0.773. The number of hydrogen-bond donors (Lipinski definition) is 3. The van der Waals surface area contributed by atoms with Crippen molar-refractivity contribution in [1.29, 1.82) is 0 Å². The number of phenolic OH excluding ortho intramolecular Hbond substituents is 1. The third-order valence-electron chi connectivity index (χ3n) is 2.94. The lowest BCUT2D eigenvalue weighted by atomic mass is 10.1. The summed E-state index contributed by atoms with van der Waals surface area (Å²) in [6.07, 6.45) is 0.944. The van der Waals surface area contributed by atoms with E-state index in [4.69, 9.17) is 5.11 Å². The average molecular weight is 288 g/mol. The first kappa shape index (κ1) is 14.8. The van der Waals surface area contributed by atoms with Crippen LogP contribution in [-0.4, -0.2) is 17.6 Å². The smallest absolute Gasteiger partial charge is 0.257 e. The van der Waals surface area contributed by atoms with Crippen LogP contribution in [0.25, 0.3) is 0 Å². The molecule has 0 aliphatic rings. The summed E-state index contributed by atoms with van der Waals surface area (Å²) in [4.78, 5) is 12.3. The van der Waals surface area contributed by atoms with Crippen LogP contribution in [0.5, 0.6) is 5.75 Å². The van der Waals surface area contributed by atoms with Gasteiger partial charge in [-0.15, -0.1) is 0 Å². The second-order valence-electron chi connectivity index (χ2n) is 4.59. The molecule has 21 heavy (non-hydrogen) atoms. The van der Waals surface area contributed by atoms with Gasteiger partial charge in [0.2, 0.25) is 0 Å². The number of phenols is 1. The van der Waals surface area contributed by atoms with Crippen LogP contribution in [0.3, 0.4) is 0 Å². The van der Waals surface area contributed by atoms with E-state index in [0.29, 0.717) is 11.3 Å². The van der Waals surface area contributed by atoms with Gasteiger partial charge < -0.3 is 15.7 Å². The summed E-state index contributed by atoms with van der Waals surface area (Å²) in [5.74, 6) is -1.55. The van der Waals surface area contributed by atoms with Gasteiger partial charge in [-0.1, -0.05) is 19.1 Å². The molecular formula is C16H17FN2O2. The van der Waals surface area contributed by atoms with Gasteiger partial charge >= 0.3 is 0 Å². The maximum Gasteiger partial charge on any atom is 0.257 e. The Morgan fingerprint density at radius 1 is 1.24 bits per heavy atom. The van der Waals surface area contributed by atoms with E-state index in [1.165, 1.54) is 12.1 Å². The first-order valence-electron chi connectivity index (χ1n) is 6.74. The highest BCUT2D eigenvalue weighted by Gasteiger charge is 2.11. The molecule has 0 bridgehead atoms. The van der Waals surface area contributed by atoms with E-state index in [-0.39, 0.29) is 5.91 Å². The SMILES string of the molecule is CCCNc1ccccc1C(=O)Nc1ccc(O)c(F)c1. The number of carbonyl (C=O) groups excluding carboxylic acids is 1. The van der Waals surface area contributed by atoms with Gasteiger partial charge in [0.25, 0.3) is 5.91 Å². The second kappa shape index (κ2) is 6.74. The van der Waals surface area contributed by atoms with E-state index in [2.05, 4.69) is 10.6 Å². The Balaban J connectivity index is 2.18. The Kier molecular flexibility index (Phi) is 4.77. The fraction of sp³-hybridized carbons (Fsp3) is 0.188. The maximum atomic E-state index is 13.3. The second-order valence-corrected chi connectivity index (χ2v) is 4.59. The lowest BCUT2D eigenvalue weighted by Gasteiger charge is -2.11. The third kappa shape index (κ3) is 3.72. The molecule has 0 saturated heterocycles. The van der Waals surface area contributed by atoms with Crippen molar-refractivity contribution >= 4 is 17.3 Å². The molecule has 110 valence electrons. The van der Waals surface area contributed by atoms with Crippen molar-refractivity contribution in [2.24, 2.45) is 0 Å². The van der Waals surface area contributed by atoms with Crippen LogP contribution in [0.15, 0.2) is 42.5 Å². The molecule has 2 aromatic carbocycles. The van der Waals surface area contributed by atoms with Gasteiger partial charge in [0.05, 0.1) is 5.56 Å². The number of amides is 1. The molecule has 0 atom stereocenters. The number of nitrogens with one attached hydrogen (secondary N) is 2. The van der Waals surface area contributed by atoms with Crippen molar-refractivity contribution in [3.05, 3.63) is 53.8 Å². The van der Waals surface area contributed by atoms with Crippen LogP contribution in [0.4, 0.5) is 15.8 Å². The molecule has 4 nitrogen and oxygen atoms in total. The monoisotopic (exact) mass is 288 g/mol. The number of para-hydroxylation sites is 1. The van der Waals surface area contributed by atoms with Crippen LogP contribution >= 0.6 is 0 Å². The Morgan fingerprint density at radius 3 is 2.71 bits per heavy atom. The molecule has 0 unspecified atom stereocenters. The van der Waals surface area contributed by atoms with Gasteiger partial charge in [-0.2, -0.15) is 0 Å². The highest BCUT2D eigenvalue weighted by molar-refractivity contribution is 6.08. The van der Waals surface area contributed by atoms with Gasteiger partial charge in [0.15, 0.2) is 11.6 Å². The summed E-state index contributed by atoms with van der Waals surface area (Å²) < 4.78 is 13.3. The third-order valence-corrected chi connectivity index (χ3v) is 2.94. The topological polar surface area (TPSA) is 61.4 Å². The van der Waals surface area contributed by atoms with Crippen molar-refractivity contribution in [2.75, 3.05) is 17.2 Å². The fourth-order valence-electron chi connectivity index (χ4n) is 1.88. The van der Waals surface area contributed by atoms with Gasteiger partial charge in [0, 0.05) is 24.0 Å². The zero-order valence-corrected chi connectivity index (χ0v) is 11.7. The minimum Gasteiger partial charge on any atom is -0.505 e. The van der Waals surface area contributed by atoms with E-state index in [1.54, 1.807) is 12.1 Å². The number of halogens is 1. The van der Waals surface area contributed by atoms with Crippen LogP contribution in [0.1, 0.15) is 23.7 Å². The quantitative estimate of drug-likeness (QED) is 0.737. The molecule has 5 heteroatoms. The van der Waals surface area contributed by atoms with Crippen molar-refractivity contribution in [2.45, 2.75) is 13.3 Å². The molecule has 0 heterocycles. The lowest BCUT2D eigenvalue weighted by molar-refractivity contribution is 0.102. The first-order valence-corrected chi connectivity index (χ1v) is 6.74. The number of hydrogen-bond acceptors (Lipinski definition) is 3. The first-order chi connectivity index (χ1) is 10.1. The number of anilines is 2. The van der Waals surface area contributed by atoms with Crippen molar-refractivity contribution in [3.8, 4) is 5.75 Å². The van der Waals surface area contributed by atoms with Crippen LogP contribution in [-0.2, 0) is 0 Å². The zero-order valence-electron chi connectivity index (χ0n) is 11.7. The van der Waals surface area contributed by atoms with Crippen molar-refractivity contribution in [1.82, 2.24) is 0 Å². The molecule has 0 saturated carbocycles. The number of carbonyl (C=O) groups is 1. The standard InChI is InChI=1S/C16H17FN2O2/c1-2-9-18-14-6-4-3-5-12(14)16(21)19-11-7-8-15(20)13(17)10-11/h3-8,10,18,20H,2,9H2,1H3,(H,19,21). The zero-order chi connectivity index (χ0) is 15.2. The molecule has 0 spiro atoms. The number of benzene rings is 2. The summed E-state index contributed by atoms with van der Waals surface area (Å²) >= 11 is 0. The van der Waals surface area contributed by atoms with Crippen LogP contribution in [0.2, 0.25) is 0 Å². The maximum absolute atomic E-state index is 13.3. The molecule has 2 aromatic rings. The Bertz CT molecular complexity index is 644. The summed E-state index contributed by atoms with van der Waals surface area (Å²) in [6.45, 7) is 2.80. The normalized spacial score (nSPS) is 10.2. The molecule has 1 amide bonds. The summed E-state index contributed by atoms with van der Waals surface area (Å²) in [5, 5.41) is 14.9. The van der Waals surface area contributed by atoms with E-state index in [0.717, 1.165) is 24.7 Å². The molecule has 3 N–H and O–H groups in total. The predicted octanol–water partition coefficient (Wildman–Crippen LogP) is 3.61. The molecule has 0 radical (unpaired) electrons. The largest absolute Gasteiger partial charge is 0.505 e. The van der Waals surface area contributed by atoms with Gasteiger partial charge in [-0.05, 0) is 30.7 Å². The molecule has 0 aliphatic carbocycles. The van der Waals surface area contributed by atoms with Crippen LogP contribution < -0.4 is 10.6 Å². The molecule has 2 rings (SSSR count). The summed E-state index contributed by atoms with van der Waals surface area (Å²) in [5.41, 5.74) is 1.51. The Labute approximate surface area is 122 Å². The van der Waals surface area contributed by atoms with Crippen LogP contribution in [0, 0.1) is 5.82 Å². The molecule has 0 fully saturated rings.